The van der Waals surface area contributed by atoms with Crippen molar-refractivity contribution in [3.05, 3.63) is 41.2 Å². The predicted octanol–water partition coefficient (Wildman–Crippen LogP) is 2.31. The van der Waals surface area contributed by atoms with Gasteiger partial charge in [-0.2, -0.15) is 0 Å². The van der Waals surface area contributed by atoms with Crippen LogP contribution >= 0.6 is 0 Å². The summed E-state index contributed by atoms with van der Waals surface area (Å²) in [5.41, 5.74) is 3.03. The molecule has 2 saturated heterocycles. The van der Waals surface area contributed by atoms with Crippen LogP contribution in [0.15, 0.2) is 28.8 Å². The first-order chi connectivity index (χ1) is 12.1. The number of nitrogens with one attached hydrogen (secondary N) is 1. The summed E-state index contributed by atoms with van der Waals surface area (Å²) in [5.74, 6) is 0.384. The van der Waals surface area contributed by atoms with Crippen molar-refractivity contribution in [2.75, 3.05) is 13.1 Å². The summed E-state index contributed by atoms with van der Waals surface area (Å²) in [6.45, 7) is 4.94. The Hall–Kier alpha value is -2.63. The molecular weight excluding hydrogens is 318 g/mol. The van der Waals surface area contributed by atoms with E-state index in [2.05, 4.69) is 10.5 Å². The van der Waals surface area contributed by atoms with Crippen molar-refractivity contribution in [2.45, 2.75) is 32.7 Å². The van der Waals surface area contributed by atoms with E-state index >= 15 is 0 Å². The van der Waals surface area contributed by atoms with Crippen molar-refractivity contribution >= 4 is 11.8 Å². The number of hydrogen-bond donors (Lipinski definition) is 1. The first-order valence-electron chi connectivity index (χ1n) is 8.69. The molecule has 2 aliphatic rings. The third-order valence-corrected chi connectivity index (χ3v) is 5.34. The molecule has 0 aliphatic carbocycles. The van der Waals surface area contributed by atoms with Gasteiger partial charge in [0.1, 0.15) is 17.0 Å². The Balaban J connectivity index is 1.73. The van der Waals surface area contributed by atoms with E-state index in [0.717, 1.165) is 24.0 Å². The number of carbonyl (C=O) groups is 2. The van der Waals surface area contributed by atoms with Crippen LogP contribution in [-0.4, -0.2) is 41.0 Å². The topological polar surface area (TPSA) is 75.4 Å². The average Bonchev–Trinajstić information content (AvgIpc) is 3.18. The number of piperidine rings is 1. The van der Waals surface area contributed by atoms with Gasteiger partial charge >= 0.3 is 0 Å². The first kappa shape index (κ1) is 15.9. The summed E-state index contributed by atoms with van der Waals surface area (Å²) in [6.07, 6.45) is 1.68. The lowest BCUT2D eigenvalue weighted by Crippen LogP contribution is -2.48. The van der Waals surface area contributed by atoms with Crippen LogP contribution in [0.4, 0.5) is 0 Å². The van der Waals surface area contributed by atoms with Gasteiger partial charge in [-0.15, -0.1) is 0 Å². The Bertz CT molecular complexity index is 842. The molecule has 2 amide bonds. The lowest BCUT2D eigenvalue weighted by atomic mass is 9.90. The van der Waals surface area contributed by atoms with E-state index in [0.29, 0.717) is 30.1 Å². The smallest absolute Gasteiger partial charge is 0.260 e. The minimum atomic E-state index is -0.0974. The van der Waals surface area contributed by atoms with E-state index < -0.39 is 0 Å². The van der Waals surface area contributed by atoms with Gasteiger partial charge in [0.15, 0.2) is 0 Å². The highest BCUT2D eigenvalue weighted by molar-refractivity contribution is 6.01. The van der Waals surface area contributed by atoms with Crippen molar-refractivity contribution in [3.8, 4) is 11.3 Å². The Morgan fingerprint density at radius 1 is 1.32 bits per heavy atom. The predicted molar refractivity (Wildman–Crippen MR) is 92.0 cm³/mol. The minimum absolute atomic E-state index is 0.0590. The molecule has 4 rings (SSSR count). The van der Waals surface area contributed by atoms with Crippen molar-refractivity contribution in [1.82, 2.24) is 15.4 Å². The summed E-state index contributed by atoms with van der Waals surface area (Å²) >= 11 is 0. The standard InChI is InChI=1S/C19H21N3O3/c1-11-6-3-4-7-13(11)17-16(12(2)25-21-17)19(24)22-9-5-8-14-15(22)10-20-18(14)23/h3-4,6-7,14-15H,5,8-10H2,1-2H3,(H,20,23)/t14-,15-/m1/s1. The van der Waals surface area contributed by atoms with Gasteiger partial charge < -0.3 is 14.7 Å². The largest absolute Gasteiger partial charge is 0.360 e. The zero-order valence-electron chi connectivity index (χ0n) is 14.4. The maximum absolute atomic E-state index is 13.3. The number of aromatic nitrogens is 1. The minimum Gasteiger partial charge on any atom is -0.360 e. The molecule has 1 N–H and O–H groups in total. The molecule has 2 fully saturated rings. The lowest BCUT2D eigenvalue weighted by molar-refractivity contribution is -0.123. The van der Waals surface area contributed by atoms with Crippen molar-refractivity contribution in [2.24, 2.45) is 5.92 Å². The summed E-state index contributed by atoms with van der Waals surface area (Å²) in [6, 6.07) is 7.75. The van der Waals surface area contributed by atoms with Gasteiger partial charge in [0.25, 0.3) is 5.91 Å². The van der Waals surface area contributed by atoms with Gasteiger partial charge in [-0.1, -0.05) is 29.4 Å². The van der Waals surface area contributed by atoms with Gasteiger partial charge in [0.2, 0.25) is 5.91 Å². The van der Waals surface area contributed by atoms with Crippen molar-refractivity contribution in [1.29, 1.82) is 0 Å². The fourth-order valence-electron chi connectivity index (χ4n) is 3.99. The number of hydrogen-bond acceptors (Lipinski definition) is 4. The van der Waals surface area contributed by atoms with E-state index in [9.17, 15) is 9.59 Å². The van der Waals surface area contributed by atoms with Crippen LogP contribution in [0.2, 0.25) is 0 Å². The fraction of sp³-hybridized carbons (Fsp3) is 0.421. The van der Waals surface area contributed by atoms with Crippen molar-refractivity contribution < 1.29 is 14.1 Å². The fourth-order valence-corrected chi connectivity index (χ4v) is 3.99. The maximum Gasteiger partial charge on any atom is 0.260 e. The third kappa shape index (κ3) is 2.52. The molecule has 0 bridgehead atoms. The first-order valence-corrected chi connectivity index (χ1v) is 8.69. The highest BCUT2D eigenvalue weighted by atomic mass is 16.5. The van der Waals surface area contributed by atoms with Crippen LogP contribution in [0.5, 0.6) is 0 Å². The summed E-state index contributed by atoms with van der Waals surface area (Å²) in [4.78, 5) is 27.1. The molecule has 6 nitrogen and oxygen atoms in total. The van der Waals surface area contributed by atoms with Gasteiger partial charge in [0, 0.05) is 18.7 Å². The third-order valence-electron chi connectivity index (χ3n) is 5.34. The summed E-state index contributed by atoms with van der Waals surface area (Å²) < 4.78 is 5.37. The molecule has 3 heterocycles. The Morgan fingerprint density at radius 3 is 2.92 bits per heavy atom. The molecule has 1 aromatic carbocycles. The molecule has 0 radical (unpaired) electrons. The second-order valence-corrected chi connectivity index (χ2v) is 6.84. The molecule has 1 aromatic heterocycles. The summed E-state index contributed by atoms with van der Waals surface area (Å²) in [5, 5.41) is 7.05. The zero-order valence-corrected chi connectivity index (χ0v) is 14.4. The number of benzene rings is 1. The molecule has 130 valence electrons. The lowest BCUT2D eigenvalue weighted by Gasteiger charge is -2.35. The molecule has 25 heavy (non-hydrogen) atoms. The number of fused-ring (bicyclic) bond motifs is 1. The zero-order chi connectivity index (χ0) is 17.6. The number of carbonyl (C=O) groups excluding carboxylic acids is 2. The monoisotopic (exact) mass is 339 g/mol. The van der Waals surface area contributed by atoms with Crippen LogP contribution in [-0.2, 0) is 4.79 Å². The number of amides is 2. The van der Waals surface area contributed by atoms with Crippen LogP contribution < -0.4 is 5.32 Å². The molecule has 0 unspecified atom stereocenters. The van der Waals surface area contributed by atoms with E-state index in [4.69, 9.17) is 4.52 Å². The number of nitrogens with zero attached hydrogens (tertiary/aromatic N) is 2. The van der Waals surface area contributed by atoms with E-state index in [1.54, 1.807) is 6.92 Å². The average molecular weight is 339 g/mol. The molecule has 0 saturated carbocycles. The van der Waals surface area contributed by atoms with Gasteiger partial charge in [-0.25, -0.2) is 0 Å². The van der Waals surface area contributed by atoms with Crippen molar-refractivity contribution in [3.63, 3.8) is 0 Å². The molecule has 2 aliphatic heterocycles. The SMILES string of the molecule is Cc1ccccc1-c1noc(C)c1C(=O)N1CCC[C@H]2C(=O)NC[C@H]21. The molecular formula is C19H21N3O3. The van der Waals surface area contributed by atoms with E-state index in [1.165, 1.54) is 0 Å². The number of rotatable bonds is 2. The summed E-state index contributed by atoms with van der Waals surface area (Å²) in [7, 11) is 0. The van der Waals surface area contributed by atoms with Crippen LogP contribution in [0.3, 0.4) is 0 Å². The van der Waals surface area contributed by atoms with E-state index in [1.807, 2.05) is 36.1 Å². The normalized spacial score (nSPS) is 22.6. The number of likely N-dealkylation sites (tertiary alicyclic amines) is 1. The van der Waals surface area contributed by atoms with Crippen LogP contribution in [0.1, 0.15) is 34.5 Å². The highest BCUT2D eigenvalue weighted by Crippen LogP contribution is 2.33. The molecule has 0 spiro atoms. The van der Waals surface area contributed by atoms with Gasteiger partial charge in [0.05, 0.1) is 12.0 Å². The highest BCUT2D eigenvalue weighted by Gasteiger charge is 2.43. The number of aryl methyl sites for hydroxylation is 2. The quantitative estimate of drug-likeness (QED) is 0.911. The van der Waals surface area contributed by atoms with E-state index in [-0.39, 0.29) is 23.8 Å². The Kier molecular flexibility index (Phi) is 3.82. The molecule has 2 atom stereocenters. The Labute approximate surface area is 146 Å². The van der Waals surface area contributed by atoms with Gasteiger partial charge in [-0.05, 0) is 32.3 Å². The van der Waals surface area contributed by atoms with Crippen LogP contribution in [0.25, 0.3) is 11.3 Å². The second-order valence-electron chi connectivity index (χ2n) is 6.84. The second kappa shape index (κ2) is 6.02. The Morgan fingerprint density at radius 2 is 2.12 bits per heavy atom. The van der Waals surface area contributed by atoms with Gasteiger partial charge in [-0.3, -0.25) is 9.59 Å². The molecule has 2 aromatic rings. The molecule has 6 heteroatoms. The van der Waals surface area contributed by atoms with Crippen LogP contribution in [0, 0.1) is 19.8 Å². The maximum atomic E-state index is 13.3.